The summed E-state index contributed by atoms with van der Waals surface area (Å²) in [6.07, 6.45) is 0. The molecule has 1 aliphatic rings. The van der Waals surface area contributed by atoms with Gasteiger partial charge in [0, 0.05) is 11.8 Å². The summed E-state index contributed by atoms with van der Waals surface area (Å²) < 4.78 is 27.9. The Morgan fingerprint density at radius 3 is 2.16 bits per heavy atom. The highest BCUT2D eigenvalue weighted by Crippen LogP contribution is 2.26. The van der Waals surface area contributed by atoms with Crippen LogP contribution in [-0.4, -0.2) is 45.1 Å². The highest BCUT2D eigenvalue weighted by molar-refractivity contribution is 6.16. The highest BCUT2D eigenvalue weighted by Gasteiger charge is 2.44. The van der Waals surface area contributed by atoms with Gasteiger partial charge in [-0.15, -0.1) is 0 Å². The van der Waals surface area contributed by atoms with E-state index < -0.39 is 42.1 Å². The van der Waals surface area contributed by atoms with Crippen molar-refractivity contribution in [2.45, 2.75) is 19.9 Å². The van der Waals surface area contributed by atoms with E-state index in [4.69, 9.17) is 0 Å². The van der Waals surface area contributed by atoms with Crippen molar-refractivity contribution in [2.24, 2.45) is 0 Å². The number of amides is 4. The Hall–Kier alpha value is -4.08. The van der Waals surface area contributed by atoms with Crippen LogP contribution in [0.3, 0.4) is 0 Å². The fourth-order valence-electron chi connectivity index (χ4n) is 3.50. The van der Waals surface area contributed by atoms with Crippen molar-refractivity contribution < 1.29 is 23.2 Å². The normalized spacial score (nSPS) is 16.1. The van der Waals surface area contributed by atoms with E-state index in [-0.39, 0.29) is 0 Å². The van der Waals surface area contributed by atoms with Crippen LogP contribution >= 0.6 is 0 Å². The number of halogens is 2. The smallest absolute Gasteiger partial charge is 0.309 e. The van der Waals surface area contributed by atoms with Gasteiger partial charge < -0.3 is 5.32 Å². The maximum absolute atomic E-state index is 13.2. The van der Waals surface area contributed by atoms with Crippen LogP contribution < -0.4 is 10.2 Å². The molecule has 1 atom stereocenters. The number of aromatic nitrogens is 2. The molecule has 2 heterocycles. The lowest BCUT2D eigenvalue weighted by Gasteiger charge is -2.19. The molecule has 0 radical (unpaired) electrons. The van der Waals surface area contributed by atoms with Crippen LogP contribution in [0.2, 0.25) is 0 Å². The maximum atomic E-state index is 13.2. The fraction of sp³-hybridized carbons (Fsp3) is 0.182. The molecule has 0 aliphatic carbocycles. The number of nitrogens with zero attached hydrogens (tertiary/aromatic N) is 4. The molecule has 1 unspecified atom stereocenters. The first-order chi connectivity index (χ1) is 15.2. The van der Waals surface area contributed by atoms with E-state index in [1.807, 2.05) is 0 Å². The van der Waals surface area contributed by atoms with Gasteiger partial charge in [-0.2, -0.15) is 5.10 Å². The van der Waals surface area contributed by atoms with E-state index in [1.54, 1.807) is 13.0 Å². The monoisotopic (exact) mass is 439 g/mol. The predicted octanol–water partition coefficient (Wildman–Crippen LogP) is 3.25. The number of aryl methyl sites for hydroxylation is 1. The van der Waals surface area contributed by atoms with Gasteiger partial charge in [0.15, 0.2) is 0 Å². The first-order valence-electron chi connectivity index (χ1n) is 9.77. The second-order valence-electron chi connectivity index (χ2n) is 7.34. The van der Waals surface area contributed by atoms with Crippen molar-refractivity contribution in [3.63, 3.8) is 0 Å². The summed E-state index contributed by atoms with van der Waals surface area (Å²) in [5.41, 5.74) is 1.48. The molecule has 4 amide bonds. The van der Waals surface area contributed by atoms with E-state index in [0.717, 1.165) is 4.90 Å². The molecule has 2 aromatic carbocycles. The molecule has 1 fully saturated rings. The first-order valence-corrected chi connectivity index (χ1v) is 9.77. The van der Waals surface area contributed by atoms with Gasteiger partial charge in [-0.3, -0.25) is 19.4 Å². The molecule has 8 nitrogen and oxygen atoms in total. The summed E-state index contributed by atoms with van der Waals surface area (Å²) >= 11 is 0. The number of hydrogen-bond acceptors (Lipinski definition) is 4. The molecular formula is C22H19F2N5O3. The van der Waals surface area contributed by atoms with Crippen LogP contribution in [0.1, 0.15) is 12.6 Å². The van der Waals surface area contributed by atoms with Crippen molar-refractivity contribution in [3.05, 3.63) is 71.9 Å². The van der Waals surface area contributed by atoms with Gasteiger partial charge in [-0.1, -0.05) is 0 Å². The van der Waals surface area contributed by atoms with Crippen molar-refractivity contribution >= 4 is 29.4 Å². The summed E-state index contributed by atoms with van der Waals surface area (Å²) in [4.78, 5) is 40.2. The van der Waals surface area contributed by atoms with Gasteiger partial charge in [0.25, 0.3) is 5.91 Å². The predicted molar refractivity (Wildman–Crippen MR) is 112 cm³/mol. The lowest BCUT2D eigenvalue weighted by atomic mass is 10.2. The molecule has 0 saturated carbocycles. The van der Waals surface area contributed by atoms with Crippen LogP contribution in [0.15, 0.2) is 54.6 Å². The zero-order chi connectivity index (χ0) is 23.0. The average molecular weight is 439 g/mol. The quantitative estimate of drug-likeness (QED) is 0.619. The minimum atomic E-state index is -0.840. The maximum Gasteiger partial charge on any atom is 0.332 e. The number of benzene rings is 2. The molecule has 1 aromatic heterocycles. The van der Waals surface area contributed by atoms with Crippen LogP contribution in [0.25, 0.3) is 5.69 Å². The Bertz CT molecular complexity index is 1190. The lowest BCUT2D eigenvalue weighted by molar-refractivity contribution is -0.130. The van der Waals surface area contributed by atoms with Gasteiger partial charge in [0.2, 0.25) is 5.91 Å². The van der Waals surface area contributed by atoms with Crippen molar-refractivity contribution in [1.29, 1.82) is 0 Å². The number of carbonyl (C=O) groups excluding carboxylic acids is 3. The molecule has 1 saturated heterocycles. The molecule has 164 valence electrons. The lowest BCUT2D eigenvalue weighted by Crippen LogP contribution is -2.39. The number of anilines is 2. The van der Waals surface area contributed by atoms with E-state index in [2.05, 4.69) is 10.4 Å². The largest absolute Gasteiger partial charge is 0.332 e. The van der Waals surface area contributed by atoms with Crippen LogP contribution in [0.4, 0.5) is 25.1 Å². The van der Waals surface area contributed by atoms with Crippen molar-refractivity contribution in [3.8, 4) is 5.69 Å². The molecule has 4 rings (SSSR count). The number of nitrogens with one attached hydrogen (secondary N) is 1. The average Bonchev–Trinajstić information content (AvgIpc) is 3.21. The van der Waals surface area contributed by atoms with Crippen LogP contribution in [0.5, 0.6) is 0 Å². The van der Waals surface area contributed by atoms with Gasteiger partial charge >= 0.3 is 6.03 Å². The molecule has 1 aliphatic heterocycles. The summed E-state index contributed by atoms with van der Waals surface area (Å²) in [6.45, 7) is 2.76. The van der Waals surface area contributed by atoms with Crippen LogP contribution in [0, 0.1) is 18.6 Å². The third kappa shape index (κ3) is 3.94. The molecule has 0 bridgehead atoms. The Balaban J connectivity index is 1.51. The Labute approximate surface area is 182 Å². The second kappa shape index (κ2) is 8.22. The van der Waals surface area contributed by atoms with E-state index in [9.17, 15) is 23.2 Å². The third-order valence-corrected chi connectivity index (χ3v) is 5.02. The molecule has 0 spiro atoms. The SMILES string of the molecule is Cc1cc(NC(=O)CN2C(=O)C(C)N(c3ccc(F)cc3)C2=O)n(-c2ccc(F)cc2)n1. The van der Waals surface area contributed by atoms with Crippen molar-refractivity contribution in [2.75, 3.05) is 16.8 Å². The first kappa shape index (κ1) is 21.2. The van der Waals surface area contributed by atoms with Crippen LogP contribution in [-0.2, 0) is 9.59 Å². The van der Waals surface area contributed by atoms with Gasteiger partial charge in [0.1, 0.15) is 30.0 Å². The molecular weight excluding hydrogens is 420 g/mol. The van der Waals surface area contributed by atoms with Gasteiger partial charge in [-0.25, -0.2) is 18.3 Å². The minimum Gasteiger partial charge on any atom is -0.309 e. The molecule has 10 heteroatoms. The van der Waals surface area contributed by atoms with Gasteiger partial charge in [-0.05, 0) is 62.4 Å². The molecule has 1 N–H and O–H groups in total. The zero-order valence-corrected chi connectivity index (χ0v) is 17.3. The topological polar surface area (TPSA) is 87.5 Å². The number of hydrogen-bond donors (Lipinski definition) is 1. The fourth-order valence-corrected chi connectivity index (χ4v) is 3.50. The Morgan fingerprint density at radius 2 is 1.56 bits per heavy atom. The molecule has 32 heavy (non-hydrogen) atoms. The summed E-state index contributed by atoms with van der Waals surface area (Å²) in [6, 6.07) is 10.8. The van der Waals surface area contributed by atoms with E-state index in [0.29, 0.717) is 22.9 Å². The van der Waals surface area contributed by atoms with E-state index in [1.165, 1.54) is 65.0 Å². The Kier molecular flexibility index (Phi) is 5.43. The van der Waals surface area contributed by atoms with Crippen molar-refractivity contribution in [1.82, 2.24) is 14.7 Å². The standard InChI is InChI=1S/C22H19F2N5O3/c1-13-11-19(29(26-13)18-9-5-16(24)6-10-18)25-20(30)12-27-21(31)14(2)28(22(27)32)17-7-3-15(23)4-8-17/h3-11,14H,12H2,1-2H3,(H,25,30). The summed E-state index contributed by atoms with van der Waals surface area (Å²) in [5.74, 6) is -1.72. The number of rotatable bonds is 5. The second-order valence-corrected chi connectivity index (χ2v) is 7.34. The number of imide groups is 1. The minimum absolute atomic E-state index is 0.307. The highest BCUT2D eigenvalue weighted by atomic mass is 19.1. The third-order valence-electron chi connectivity index (χ3n) is 5.02. The van der Waals surface area contributed by atoms with Gasteiger partial charge in [0.05, 0.1) is 11.4 Å². The molecule has 3 aromatic rings. The Morgan fingerprint density at radius 1 is 1.00 bits per heavy atom. The number of carbonyl (C=O) groups is 3. The number of urea groups is 1. The zero-order valence-electron chi connectivity index (χ0n) is 17.3. The van der Waals surface area contributed by atoms with E-state index >= 15 is 0 Å². The summed E-state index contributed by atoms with van der Waals surface area (Å²) in [7, 11) is 0. The summed E-state index contributed by atoms with van der Waals surface area (Å²) in [5, 5.41) is 6.93.